The van der Waals surface area contributed by atoms with Gasteiger partial charge >= 0.3 is 0 Å². The number of hydrogen-bond acceptors (Lipinski definition) is 1. The molecule has 1 fully saturated rings. The molecule has 3 rings (SSSR count). The number of aryl methyl sites for hydroxylation is 1. The van der Waals surface area contributed by atoms with Gasteiger partial charge in [-0.2, -0.15) is 0 Å². The van der Waals surface area contributed by atoms with E-state index in [0.717, 1.165) is 17.9 Å². The number of aromatic nitrogens is 1. The molecule has 1 aromatic heterocycles. The number of benzene rings is 1. The first kappa shape index (κ1) is 12.1. The molecule has 1 heterocycles. The highest BCUT2D eigenvalue weighted by atomic mass is 35.5. The van der Waals surface area contributed by atoms with E-state index in [9.17, 15) is 0 Å². The van der Waals surface area contributed by atoms with Crippen LogP contribution in [0, 0.1) is 6.92 Å². The zero-order chi connectivity index (χ0) is 12.9. The van der Waals surface area contributed by atoms with Crippen LogP contribution in [0.1, 0.15) is 36.9 Å². The lowest BCUT2D eigenvalue weighted by Gasteiger charge is -2.24. The minimum Gasteiger partial charge on any atom is -0.348 e. The summed E-state index contributed by atoms with van der Waals surface area (Å²) in [6.45, 7) is 2.16. The first-order chi connectivity index (χ1) is 8.53. The van der Waals surface area contributed by atoms with Crippen LogP contribution in [0.25, 0.3) is 10.9 Å². The van der Waals surface area contributed by atoms with Crippen LogP contribution in [0.15, 0.2) is 18.2 Å². The molecule has 96 valence electrons. The van der Waals surface area contributed by atoms with Gasteiger partial charge in [0.25, 0.3) is 0 Å². The van der Waals surface area contributed by atoms with Crippen molar-refractivity contribution in [3.05, 3.63) is 34.5 Å². The number of nitrogens with zero attached hydrogens (tertiary/aromatic N) is 1. The average molecular weight is 263 g/mol. The van der Waals surface area contributed by atoms with Gasteiger partial charge in [-0.15, -0.1) is 0 Å². The molecule has 1 aromatic carbocycles. The third-order valence-electron chi connectivity index (χ3n) is 4.45. The second kappa shape index (κ2) is 4.01. The van der Waals surface area contributed by atoms with E-state index in [2.05, 4.69) is 30.7 Å². The molecule has 2 aromatic rings. The predicted molar refractivity (Wildman–Crippen MR) is 77.0 cm³/mol. The smallest absolute Gasteiger partial charge is 0.0484 e. The van der Waals surface area contributed by atoms with Crippen molar-refractivity contribution in [2.24, 2.45) is 12.8 Å². The Morgan fingerprint density at radius 1 is 1.28 bits per heavy atom. The number of rotatable bonds is 1. The van der Waals surface area contributed by atoms with E-state index in [1.165, 1.54) is 35.0 Å². The lowest BCUT2D eigenvalue weighted by Crippen LogP contribution is -2.33. The molecule has 2 nitrogen and oxygen atoms in total. The largest absolute Gasteiger partial charge is 0.348 e. The maximum Gasteiger partial charge on any atom is 0.0484 e. The Kier molecular flexibility index (Phi) is 2.68. The summed E-state index contributed by atoms with van der Waals surface area (Å²) in [7, 11) is 2.10. The quantitative estimate of drug-likeness (QED) is 0.831. The third kappa shape index (κ3) is 1.59. The van der Waals surface area contributed by atoms with Crippen molar-refractivity contribution < 1.29 is 0 Å². The maximum atomic E-state index is 6.65. The molecule has 0 spiro atoms. The molecular weight excluding hydrogens is 244 g/mol. The minimum atomic E-state index is -0.158. The van der Waals surface area contributed by atoms with Gasteiger partial charge in [-0.05, 0) is 38.0 Å². The highest BCUT2D eigenvalue weighted by Gasteiger charge is 2.35. The monoisotopic (exact) mass is 262 g/mol. The minimum absolute atomic E-state index is 0.158. The van der Waals surface area contributed by atoms with E-state index in [1.807, 2.05) is 6.07 Å². The number of halogens is 1. The third-order valence-corrected chi connectivity index (χ3v) is 4.68. The molecule has 0 saturated heterocycles. The molecule has 1 saturated carbocycles. The van der Waals surface area contributed by atoms with Crippen molar-refractivity contribution in [1.82, 2.24) is 4.57 Å². The van der Waals surface area contributed by atoms with E-state index in [1.54, 1.807) is 0 Å². The fourth-order valence-corrected chi connectivity index (χ4v) is 3.60. The summed E-state index contributed by atoms with van der Waals surface area (Å²) >= 11 is 6.15. The van der Waals surface area contributed by atoms with Crippen LogP contribution in [-0.2, 0) is 12.6 Å². The van der Waals surface area contributed by atoms with Crippen LogP contribution in [0.3, 0.4) is 0 Å². The summed E-state index contributed by atoms with van der Waals surface area (Å²) in [5.41, 5.74) is 10.3. The average Bonchev–Trinajstić information content (AvgIpc) is 2.85. The SMILES string of the molecule is Cc1c(C2(N)CCCC2)c2cc(Cl)ccc2n1C. The second-order valence-corrected chi connectivity index (χ2v) is 5.98. The highest BCUT2D eigenvalue weighted by Crippen LogP contribution is 2.42. The van der Waals surface area contributed by atoms with Crippen molar-refractivity contribution in [2.45, 2.75) is 38.1 Å². The van der Waals surface area contributed by atoms with Crippen LogP contribution < -0.4 is 5.73 Å². The highest BCUT2D eigenvalue weighted by molar-refractivity contribution is 6.31. The van der Waals surface area contributed by atoms with Gasteiger partial charge in [0.2, 0.25) is 0 Å². The van der Waals surface area contributed by atoms with Gasteiger partial charge < -0.3 is 10.3 Å². The summed E-state index contributed by atoms with van der Waals surface area (Å²) in [4.78, 5) is 0. The lowest BCUT2D eigenvalue weighted by atomic mass is 9.87. The van der Waals surface area contributed by atoms with Gasteiger partial charge in [0.1, 0.15) is 0 Å². The molecule has 0 bridgehead atoms. The Morgan fingerprint density at radius 3 is 2.61 bits per heavy atom. The predicted octanol–water partition coefficient (Wildman–Crippen LogP) is 3.87. The zero-order valence-corrected chi connectivity index (χ0v) is 11.7. The van der Waals surface area contributed by atoms with Gasteiger partial charge in [0, 0.05) is 39.8 Å². The van der Waals surface area contributed by atoms with E-state index in [0.29, 0.717) is 0 Å². The fraction of sp³-hybridized carbons (Fsp3) is 0.467. The standard InChI is InChI=1S/C15H19ClN2/c1-10-14(15(17)7-3-4-8-15)12-9-11(16)5-6-13(12)18(10)2/h5-6,9H,3-4,7-8,17H2,1-2H3. The van der Waals surface area contributed by atoms with Gasteiger partial charge in [-0.25, -0.2) is 0 Å². The topological polar surface area (TPSA) is 30.9 Å². The molecule has 0 radical (unpaired) electrons. The molecule has 2 N–H and O–H groups in total. The Labute approximate surface area is 113 Å². The summed E-state index contributed by atoms with van der Waals surface area (Å²) in [5.74, 6) is 0. The van der Waals surface area contributed by atoms with Gasteiger partial charge in [0.05, 0.1) is 0 Å². The molecule has 1 aliphatic rings. The van der Waals surface area contributed by atoms with Crippen LogP contribution >= 0.6 is 11.6 Å². The van der Waals surface area contributed by atoms with E-state index in [-0.39, 0.29) is 5.54 Å². The molecule has 0 atom stereocenters. The molecule has 3 heteroatoms. The number of nitrogens with two attached hydrogens (primary N) is 1. The van der Waals surface area contributed by atoms with E-state index in [4.69, 9.17) is 17.3 Å². The van der Waals surface area contributed by atoms with Crippen molar-refractivity contribution in [3.8, 4) is 0 Å². The molecule has 0 aliphatic heterocycles. The van der Waals surface area contributed by atoms with Crippen molar-refractivity contribution in [3.63, 3.8) is 0 Å². The molecule has 1 aliphatic carbocycles. The lowest BCUT2D eigenvalue weighted by molar-refractivity contribution is 0.461. The molecule has 0 unspecified atom stereocenters. The van der Waals surface area contributed by atoms with Crippen molar-refractivity contribution in [2.75, 3.05) is 0 Å². The second-order valence-electron chi connectivity index (χ2n) is 5.54. The Hall–Kier alpha value is -0.990. The van der Waals surface area contributed by atoms with Crippen LogP contribution in [0.5, 0.6) is 0 Å². The Morgan fingerprint density at radius 2 is 1.94 bits per heavy atom. The summed E-state index contributed by atoms with van der Waals surface area (Å²) in [6.07, 6.45) is 4.62. The molecule has 18 heavy (non-hydrogen) atoms. The summed E-state index contributed by atoms with van der Waals surface area (Å²) in [6, 6.07) is 6.10. The van der Waals surface area contributed by atoms with Crippen LogP contribution in [-0.4, -0.2) is 4.57 Å². The normalized spacial score (nSPS) is 18.7. The van der Waals surface area contributed by atoms with E-state index >= 15 is 0 Å². The summed E-state index contributed by atoms with van der Waals surface area (Å²) < 4.78 is 2.23. The van der Waals surface area contributed by atoms with Gasteiger partial charge in [-0.1, -0.05) is 24.4 Å². The first-order valence-electron chi connectivity index (χ1n) is 6.57. The van der Waals surface area contributed by atoms with Crippen LogP contribution in [0.2, 0.25) is 5.02 Å². The van der Waals surface area contributed by atoms with Crippen molar-refractivity contribution >= 4 is 22.5 Å². The molecular formula is C15H19ClN2. The van der Waals surface area contributed by atoms with Crippen LogP contribution in [0.4, 0.5) is 0 Å². The number of hydrogen-bond donors (Lipinski definition) is 1. The van der Waals surface area contributed by atoms with Gasteiger partial charge in [-0.3, -0.25) is 0 Å². The first-order valence-corrected chi connectivity index (χ1v) is 6.95. The van der Waals surface area contributed by atoms with Gasteiger partial charge in [0.15, 0.2) is 0 Å². The summed E-state index contributed by atoms with van der Waals surface area (Å²) in [5, 5.41) is 2.02. The Balaban J connectivity index is 2.34. The van der Waals surface area contributed by atoms with Crippen molar-refractivity contribution in [1.29, 1.82) is 0 Å². The zero-order valence-electron chi connectivity index (χ0n) is 11.0. The van der Waals surface area contributed by atoms with E-state index < -0.39 is 0 Å². The maximum absolute atomic E-state index is 6.65. The number of fused-ring (bicyclic) bond motifs is 1. The molecule has 0 amide bonds. The Bertz CT molecular complexity index is 606. The fourth-order valence-electron chi connectivity index (χ4n) is 3.43.